The van der Waals surface area contributed by atoms with Crippen molar-refractivity contribution in [2.24, 2.45) is 0 Å². The lowest BCUT2D eigenvalue weighted by Crippen LogP contribution is -2.21. The molecule has 25 heavy (non-hydrogen) atoms. The van der Waals surface area contributed by atoms with Gasteiger partial charge in [-0.2, -0.15) is 0 Å². The molecule has 0 N–H and O–H groups in total. The van der Waals surface area contributed by atoms with Crippen molar-refractivity contribution in [1.29, 1.82) is 0 Å². The van der Waals surface area contributed by atoms with E-state index in [2.05, 4.69) is 6.92 Å². The Morgan fingerprint density at radius 1 is 0.560 bits per heavy atom. The smallest absolute Gasteiger partial charge is 0.377 e. The third-order valence-electron chi connectivity index (χ3n) is 3.41. The molecule has 0 heterocycles. The van der Waals surface area contributed by atoms with Crippen LogP contribution in [-0.4, -0.2) is 38.4 Å². The number of ether oxygens (including phenoxy) is 4. The monoisotopic (exact) mass is 358 g/mol. The van der Waals surface area contributed by atoms with E-state index < -0.39 is 11.9 Å². The number of carbonyl (C=O) groups is 2. The summed E-state index contributed by atoms with van der Waals surface area (Å²) in [5, 5.41) is 0. The number of carbonyl (C=O) groups excluding carboxylic acids is 2. The average molecular weight is 358 g/mol. The maximum Gasteiger partial charge on any atom is 0.377 e. The zero-order chi connectivity index (χ0) is 18.9. The van der Waals surface area contributed by atoms with Crippen LogP contribution in [0.4, 0.5) is 0 Å². The fraction of sp³-hybridized carbons (Fsp3) is 0.789. The number of rotatable bonds is 15. The van der Waals surface area contributed by atoms with E-state index in [0.717, 1.165) is 19.3 Å². The highest BCUT2D eigenvalue weighted by molar-refractivity contribution is 5.97. The van der Waals surface area contributed by atoms with Crippen LogP contribution in [-0.2, 0) is 28.5 Å². The van der Waals surface area contributed by atoms with Crippen molar-refractivity contribution in [2.75, 3.05) is 26.4 Å². The molecule has 146 valence electrons. The lowest BCUT2D eigenvalue weighted by atomic mass is 10.1. The van der Waals surface area contributed by atoms with Crippen molar-refractivity contribution >= 4 is 11.9 Å². The van der Waals surface area contributed by atoms with Crippen molar-refractivity contribution in [3.05, 3.63) is 11.5 Å². The molecule has 0 saturated heterocycles. The van der Waals surface area contributed by atoms with Crippen LogP contribution in [0.2, 0.25) is 0 Å². The summed E-state index contributed by atoms with van der Waals surface area (Å²) in [6.07, 6.45) is 7.91. The number of unbranched alkanes of at least 4 members (excludes halogenated alkanes) is 6. The molecule has 0 aliphatic rings. The van der Waals surface area contributed by atoms with E-state index in [4.69, 9.17) is 18.9 Å². The molecule has 0 fully saturated rings. The van der Waals surface area contributed by atoms with Crippen LogP contribution in [0.25, 0.3) is 0 Å². The second-order valence-corrected chi connectivity index (χ2v) is 5.50. The number of hydrogen-bond acceptors (Lipinski definition) is 6. The summed E-state index contributed by atoms with van der Waals surface area (Å²) in [6, 6.07) is 0. The fourth-order valence-electron chi connectivity index (χ4n) is 2.21. The van der Waals surface area contributed by atoms with Gasteiger partial charge in [0.05, 0.1) is 26.4 Å². The topological polar surface area (TPSA) is 71.1 Å². The molecule has 0 aromatic rings. The maximum atomic E-state index is 12.2. The summed E-state index contributed by atoms with van der Waals surface area (Å²) in [6.45, 7) is 8.22. The normalized spacial score (nSPS) is 11.5. The minimum atomic E-state index is -0.722. The number of esters is 2. The highest BCUT2D eigenvalue weighted by Gasteiger charge is 2.26. The molecule has 0 saturated carbocycles. The Morgan fingerprint density at radius 2 is 1.00 bits per heavy atom. The fourth-order valence-corrected chi connectivity index (χ4v) is 2.21. The van der Waals surface area contributed by atoms with E-state index in [-0.39, 0.29) is 31.3 Å². The van der Waals surface area contributed by atoms with Gasteiger partial charge in [-0.05, 0) is 27.2 Å². The van der Waals surface area contributed by atoms with Crippen LogP contribution in [0.3, 0.4) is 0 Å². The predicted molar refractivity (Wildman–Crippen MR) is 95.9 cm³/mol. The maximum absolute atomic E-state index is 12.2. The summed E-state index contributed by atoms with van der Waals surface area (Å²) >= 11 is 0. The average Bonchev–Trinajstić information content (AvgIpc) is 2.60. The zero-order valence-corrected chi connectivity index (χ0v) is 16.2. The Hall–Kier alpha value is -1.72. The van der Waals surface area contributed by atoms with Crippen molar-refractivity contribution in [1.82, 2.24) is 0 Å². The standard InChI is InChI=1S/C19H34O6/c1-5-9-10-11-12-13-14-15-25-19(21)17(23-7-3)16(22-6-2)18(20)24-8-4/h5-15H2,1-4H3. The van der Waals surface area contributed by atoms with Gasteiger partial charge in [-0.25, -0.2) is 9.59 Å². The molecule has 0 amide bonds. The third-order valence-corrected chi connectivity index (χ3v) is 3.41. The van der Waals surface area contributed by atoms with Gasteiger partial charge in [-0.3, -0.25) is 0 Å². The van der Waals surface area contributed by atoms with E-state index in [1.165, 1.54) is 25.7 Å². The third kappa shape index (κ3) is 10.7. The Morgan fingerprint density at radius 3 is 1.48 bits per heavy atom. The van der Waals surface area contributed by atoms with E-state index in [0.29, 0.717) is 6.61 Å². The van der Waals surface area contributed by atoms with Crippen LogP contribution < -0.4 is 0 Å². The second kappa shape index (κ2) is 15.8. The molecule has 0 aromatic heterocycles. The van der Waals surface area contributed by atoms with Gasteiger partial charge in [0, 0.05) is 0 Å². The molecule has 0 aliphatic heterocycles. The van der Waals surface area contributed by atoms with Gasteiger partial charge in [-0.1, -0.05) is 45.4 Å². The van der Waals surface area contributed by atoms with Gasteiger partial charge >= 0.3 is 11.9 Å². The quantitative estimate of drug-likeness (QED) is 0.190. The van der Waals surface area contributed by atoms with Gasteiger partial charge in [0.2, 0.25) is 0 Å². The molecule has 0 radical (unpaired) electrons. The molecule has 0 unspecified atom stereocenters. The van der Waals surface area contributed by atoms with Gasteiger partial charge in [-0.15, -0.1) is 0 Å². The van der Waals surface area contributed by atoms with E-state index >= 15 is 0 Å². The van der Waals surface area contributed by atoms with Crippen LogP contribution >= 0.6 is 0 Å². The summed E-state index contributed by atoms with van der Waals surface area (Å²) in [5.41, 5.74) is 0. The summed E-state index contributed by atoms with van der Waals surface area (Å²) in [7, 11) is 0. The SMILES string of the molecule is CCCCCCCCCOC(=O)C(OCC)=C(OCC)C(=O)OCC. The summed E-state index contributed by atoms with van der Waals surface area (Å²) in [4.78, 5) is 24.2. The Bertz CT molecular complexity index is 403. The highest BCUT2D eigenvalue weighted by atomic mass is 16.6. The first-order chi connectivity index (χ1) is 12.1. The lowest BCUT2D eigenvalue weighted by Gasteiger charge is -2.14. The highest BCUT2D eigenvalue weighted by Crippen LogP contribution is 2.14. The molecule has 0 aliphatic carbocycles. The molecule has 0 aromatic carbocycles. The minimum Gasteiger partial charge on any atom is -0.484 e. The molecule has 0 atom stereocenters. The van der Waals surface area contributed by atoms with Crippen LogP contribution in [0.5, 0.6) is 0 Å². The molecular formula is C19H34O6. The largest absolute Gasteiger partial charge is 0.484 e. The first kappa shape index (κ1) is 23.3. The van der Waals surface area contributed by atoms with Gasteiger partial charge in [0.15, 0.2) is 0 Å². The lowest BCUT2D eigenvalue weighted by molar-refractivity contribution is -0.148. The zero-order valence-electron chi connectivity index (χ0n) is 16.2. The number of hydrogen-bond donors (Lipinski definition) is 0. The Balaban J connectivity index is 4.54. The Kier molecular flexibility index (Phi) is 14.7. The van der Waals surface area contributed by atoms with Crippen molar-refractivity contribution in [3.63, 3.8) is 0 Å². The molecule has 6 heteroatoms. The molecular weight excluding hydrogens is 324 g/mol. The van der Waals surface area contributed by atoms with Crippen LogP contribution in [0.1, 0.15) is 72.6 Å². The van der Waals surface area contributed by atoms with Gasteiger partial charge < -0.3 is 18.9 Å². The molecule has 6 nitrogen and oxygen atoms in total. The first-order valence-corrected chi connectivity index (χ1v) is 9.46. The molecule has 0 spiro atoms. The first-order valence-electron chi connectivity index (χ1n) is 9.46. The van der Waals surface area contributed by atoms with Crippen LogP contribution in [0.15, 0.2) is 11.5 Å². The van der Waals surface area contributed by atoms with Crippen molar-refractivity contribution in [3.8, 4) is 0 Å². The predicted octanol–water partition coefficient (Wildman–Crippen LogP) is 4.13. The van der Waals surface area contributed by atoms with Crippen molar-refractivity contribution < 1.29 is 28.5 Å². The second-order valence-electron chi connectivity index (χ2n) is 5.50. The molecule has 0 bridgehead atoms. The summed E-state index contributed by atoms with van der Waals surface area (Å²) < 4.78 is 20.7. The minimum absolute atomic E-state index is 0.182. The van der Waals surface area contributed by atoms with Gasteiger partial charge in [0.25, 0.3) is 11.5 Å². The molecule has 0 rings (SSSR count). The van der Waals surface area contributed by atoms with E-state index in [1.807, 2.05) is 0 Å². The van der Waals surface area contributed by atoms with E-state index in [9.17, 15) is 9.59 Å². The van der Waals surface area contributed by atoms with E-state index in [1.54, 1.807) is 20.8 Å². The van der Waals surface area contributed by atoms with Gasteiger partial charge in [0.1, 0.15) is 0 Å². The van der Waals surface area contributed by atoms with Crippen molar-refractivity contribution in [2.45, 2.75) is 72.6 Å². The van der Waals surface area contributed by atoms with Crippen LogP contribution in [0, 0.1) is 0 Å². The Labute approximate surface area is 151 Å². The summed E-state index contributed by atoms with van der Waals surface area (Å²) in [5.74, 6) is -1.86.